The second-order valence-corrected chi connectivity index (χ2v) is 6.64. The van der Waals surface area contributed by atoms with Crippen molar-refractivity contribution in [2.24, 2.45) is 0 Å². The molecule has 0 saturated heterocycles. The number of rotatable bonds is 8. The molecule has 144 valence electrons. The summed E-state index contributed by atoms with van der Waals surface area (Å²) in [6.45, 7) is 2.42. The summed E-state index contributed by atoms with van der Waals surface area (Å²) in [5.74, 6) is 0.371. The summed E-state index contributed by atoms with van der Waals surface area (Å²) >= 11 is 0. The van der Waals surface area contributed by atoms with Gasteiger partial charge in [0.25, 0.3) is 0 Å². The average molecular weight is 376 g/mol. The van der Waals surface area contributed by atoms with Gasteiger partial charge >= 0.3 is 0 Å². The highest BCUT2D eigenvalue weighted by molar-refractivity contribution is 5.88. The summed E-state index contributed by atoms with van der Waals surface area (Å²) in [7, 11) is 0. The van der Waals surface area contributed by atoms with Crippen LogP contribution in [-0.2, 0) is 29.1 Å². The average Bonchev–Trinajstić information content (AvgIpc) is 3.25. The maximum atomic E-state index is 13.0. The maximum Gasteiger partial charge on any atom is 0.242 e. The van der Waals surface area contributed by atoms with Gasteiger partial charge in [0, 0.05) is 6.54 Å². The molecule has 0 radical (unpaired) electrons. The van der Waals surface area contributed by atoms with E-state index >= 15 is 0 Å². The minimum absolute atomic E-state index is 0.0873. The van der Waals surface area contributed by atoms with Gasteiger partial charge in [0.2, 0.25) is 11.8 Å². The first-order chi connectivity index (χ1) is 13.6. The molecule has 28 heavy (non-hydrogen) atoms. The molecule has 2 aromatic carbocycles. The van der Waals surface area contributed by atoms with E-state index in [1.54, 1.807) is 30.2 Å². The Labute approximate surface area is 165 Å². The van der Waals surface area contributed by atoms with E-state index in [4.69, 9.17) is 4.42 Å². The molecule has 0 unspecified atom stereocenters. The topological polar surface area (TPSA) is 62.6 Å². The van der Waals surface area contributed by atoms with Gasteiger partial charge in [-0.3, -0.25) is 9.59 Å². The van der Waals surface area contributed by atoms with Crippen LogP contribution in [0.4, 0.5) is 0 Å². The summed E-state index contributed by atoms with van der Waals surface area (Å²) in [5.41, 5.74) is 1.91. The first kappa shape index (κ1) is 19.4. The van der Waals surface area contributed by atoms with Crippen LogP contribution in [0.15, 0.2) is 83.5 Å². The Morgan fingerprint density at radius 2 is 1.57 bits per heavy atom. The number of hydrogen-bond donors (Lipinski definition) is 1. The number of carbonyl (C=O) groups excluding carboxylic acids is 2. The van der Waals surface area contributed by atoms with Gasteiger partial charge in [-0.25, -0.2) is 0 Å². The third kappa shape index (κ3) is 5.33. The van der Waals surface area contributed by atoms with Gasteiger partial charge in [-0.1, -0.05) is 60.7 Å². The lowest BCUT2D eigenvalue weighted by Crippen LogP contribution is -2.47. The van der Waals surface area contributed by atoms with E-state index in [2.05, 4.69) is 5.32 Å². The molecule has 0 aliphatic carbocycles. The van der Waals surface area contributed by atoms with Crippen molar-refractivity contribution < 1.29 is 14.0 Å². The highest BCUT2D eigenvalue weighted by Crippen LogP contribution is 2.12. The molecule has 5 nitrogen and oxygen atoms in total. The standard InChI is InChI=1S/C23H24N2O3/c1-18(23(27)24-16-21-13-8-14-28-21)25(17-20-11-6-3-7-12-20)22(26)15-19-9-4-2-5-10-19/h2-14,18H,15-17H2,1H3,(H,24,27)/t18-/m1/s1. The molecule has 3 rings (SSSR count). The van der Waals surface area contributed by atoms with Crippen LogP contribution in [-0.4, -0.2) is 22.8 Å². The Kier molecular flexibility index (Phi) is 6.63. The molecule has 1 heterocycles. The summed E-state index contributed by atoms with van der Waals surface area (Å²) in [6, 6.07) is 22.2. The predicted molar refractivity (Wildman–Crippen MR) is 107 cm³/mol. The fraction of sp³-hybridized carbons (Fsp3) is 0.217. The third-order valence-corrected chi connectivity index (χ3v) is 4.58. The first-order valence-electron chi connectivity index (χ1n) is 9.31. The van der Waals surface area contributed by atoms with E-state index in [0.717, 1.165) is 11.1 Å². The Hall–Kier alpha value is -3.34. The van der Waals surface area contributed by atoms with Crippen LogP contribution in [0.3, 0.4) is 0 Å². The molecular weight excluding hydrogens is 352 g/mol. The van der Waals surface area contributed by atoms with E-state index in [1.807, 2.05) is 60.7 Å². The van der Waals surface area contributed by atoms with E-state index in [0.29, 0.717) is 18.8 Å². The monoisotopic (exact) mass is 376 g/mol. The van der Waals surface area contributed by atoms with E-state index in [9.17, 15) is 9.59 Å². The molecule has 1 N–H and O–H groups in total. The zero-order chi connectivity index (χ0) is 19.8. The van der Waals surface area contributed by atoms with Crippen LogP contribution < -0.4 is 5.32 Å². The van der Waals surface area contributed by atoms with Crippen LogP contribution in [0.2, 0.25) is 0 Å². The zero-order valence-electron chi connectivity index (χ0n) is 15.9. The van der Waals surface area contributed by atoms with Gasteiger partial charge in [0.05, 0.1) is 19.2 Å². The third-order valence-electron chi connectivity index (χ3n) is 4.58. The van der Waals surface area contributed by atoms with Crippen LogP contribution >= 0.6 is 0 Å². The lowest BCUT2D eigenvalue weighted by Gasteiger charge is -2.29. The minimum Gasteiger partial charge on any atom is -0.467 e. The van der Waals surface area contributed by atoms with Crippen molar-refractivity contribution in [3.63, 3.8) is 0 Å². The predicted octanol–water partition coefficient (Wildman–Crippen LogP) is 3.56. The molecule has 0 bridgehead atoms. The summed E-state index contributed by atoms with van der Waals surface area (Å²) in [4.78, 5) is 27.3. The van der Waals surface area contributed by atoms with Gasteiger partial charge in [0.15, 0.2) is 0 Å². The molecule has 0 spiro atoms. The molecule has 3 aromatic rings. The summed E-state index contributed by atoms with van der Waals surface area (Å²) in [6.07, 6.45) is 1.82. The molecule has 5 heteroatoms. The Morgan fingerprint density at radius 3 is 2.18 bits per heavy atom. The van der Waals surface area contributed by atoms with Crippen molar-refractivity contribution >= 4 is 11.8 Å². The number of hydrogen-bond acceptors (Lipinski definition) is 3. The quantitative estimate of drug-likeness (QED) is 0.654. The Bertz CT molecular complexity index is 877. The molecule has 1 atom stereocenters. The lowest BCUT2D eigenvalue weighted by molar-refractivity contribution is -0.140. The van der Waals surface area contributed by atoms with E-state index in [-0.39, 0.29) is 18.2 Å². The number of amides is 2. The largest absolute Gasteiger partial charge is 0.467 e. The summed E-state index contributed by atoms with van der Waals surface area (Å²) in [5, 5.41) is 2.84. The van der Waals surface area contributed by atoms with Crippen molar-refractivity contribution in [3.05, 3.63) is 95.9 Å². The van der Waals surface area contributed by atoms with Crippen molar-refractivity contribution in [1.29, 1.82) is 0 Å². The lowest BCUT2D eigenvalue weighted by atomic mass is 10.1. The van der Waals surface area contributed by atoms with Gasteiger partial charge in [0.1, 0.15) is 11.8 Å². The normalized spacial score (nSPS) is 11.6. The highest BCUT2D eigenvalue weighted by atomic mass is 16.3. The molecule has 1 aromatic heterocycles. The fourth-order valence-electron chi connectivity index (χ4n) is 2.97. The Morgan fingerprint density at radius 1 is 0.929 bits per heavy atom. The Balaban J connectivity index is 1.72. The van der Waals surface area contributed by atoms with Crippen molar-refractivity contribution in [2.45, 2.75) is 32.5 Å². The van der Waals surface area contributed by atoms with Gasteiger partial charge < -0.3 is 14.6 Å². The number of nitrogens with one attached hydrogen (secondary N) is 1. The number of nitrogens with zero attached hydrogens (tertiary/aromatic N) is 1. The summed E-state index contributed by atoms with van der Waals surface area (Å²) < 4.78 is 5.25. The van der Waals surface area contributed by atoms with Crippen molar-refractivity contribution in [1.82, 2.24) is 10.2 Å². The number of furan rings is 1. The van der Waals surface area contributed by atoms with Gasteiger partial charge in [-0.05, 0) is 30.2 Å². The molecule has 0 saturated carbocycles. The maximum absolute atomic E-state index is 13.0. The number of carbonyl (C=O) groups is 2. The van der Waals surface area contributed by atoms with E-state index < -0.39 is 6.04 Å². The van der Waals surface area contributed by atoms with Crippen LogP contribution in [0.5, 0.6) is 0 Å². The molecule has 0 aliphatic heterocycles. The fourth-order valence-corrected chi connectivity index (χ4v) is 2.97. The van der Waals surface area contributed by atoms with Crippen LogP contribution in [0.1, 0.15) is 23.8 Å². The molecular formula is C23H24N2O3. The molecule has 0 fully saturated rings. The molecule has 0 aliphatic rings. The first-order valence-corrected chi connectivity index (χ1v) is 9.31. The van der Waals surface area contributed by atoms with Crippen molar-refractivity contribution in [3.8, 4) is 0 Å². The van der Waals surface area contributed by atoms with E-state index in [1.165, 1.54) is 0 Å². The van der Waals surface area contributed by atoms with Gasteiger partial charge in [-0.15, -0.1) is 0 Å². The second kappa shape index (κ2) is 9.55. The minimum atomic E-state index is -0.605. The number of benzene rings is 2. The van der Waals surface area contributed by atoms with Crippen LogP contribution in [0.25, 0.3) is 0 Å². The highest BCUT2D eigenvalue weighted by Gasteiger charge is 2.26. The second-order valence-electron chi connectivity index (χ2n) is 6.64. The SMILES string of the molecule is C[C@H](C(=O)NCc1ccco1)N(Cc1ccccc1)C(=O)Cc1ccccc1. The smallest absolute Gasteiger partial charge is 0.242 e. The van der Waals surface area contributed by atoms with Crippen LogP contribution in [0, 0.1) is 0 Å². The zero-order valence-corrected chi connectivity index (χ0v) is 15.9. The van der Waals surface area contributed by atoms with Gasteiger partial charge in [-0.2, -0.15) is 0 Å². The molecule has 2 amide bonds. The van der Waals surface area contributed by atoms with Crippen molar-refractivity contribution in [2.75, 3.05) is 0 Å².